The van der Waals surface area contributed by atoms with Crippen LogP contribution in [-0.4, -0.2) is 0 Å². The summed E-state index contributed by atoms with van der Waals surface area (Å²) >= 11 is 0. The molecule has 0 aromatic heterocycles. The van der Waals surface area contributed by atoms with E-state index in [4.69, 9.17) is 0 Å². The summed E-state index contributed by atoms with van der Waals surface area (Å²) in [7, 11) is 0. The number of rotatable bonds is 2. The van der Waals surface area contributed by atoms with Crippen LogP contribution in [0.4, 0.5) is 0 Å². The molecule has 0 aromatic rings. The van der Waals surface area contributed by atoms with E-state index in [1.807, 2.05) is 0 Å². The van der Waals surface area contributed by atoms with Crippen LogP contribution >= 0.6 is 0 Å². The first-order chi connectivity index (χ1) is 6.57. The molecule has 0 saturated heterocycles. The van der Waals surface area contributed by atoms with Crippen molar-refractivity contribution >= 4 is 0 Å². The van der Waals surface area contributed by atoms with Crippen LogP contribution in [-0.2, 0) is 0 Å². The molecule has 0 amide bonds. The van der Waals surface area contributed by atoms with Gasteiger partial charge in [0.05, 0.1) is 0 Å². The highest BCUT2D eigenvalue weighted by Gasteiger charge is 2.48. The largest absolute Gasteiger partial charge is 0.0851 e. The van der Waals surface area contributed by atoms with Gasteiger partial charge in [-0.2, -0.15) is 0 Å². The van der Waals surface area contributed by atoms with Crippen LogP contribution in [0, 0.1) is 29.1 Å². The minimum Gasteiger partial charge on any atom is -0.0851 e. The first-order valence-electron chi connectivity index (χ1n) is 6.25. The average Bonchev–Trinajstić information content (AvgIpc) is 2.18. The summed E-state index contributed by atoms with van der Waals surface area (Å²) < 4.78 is 0. The minimum atomic E-state index is 0.609. The van der Waals surface area contributed by atoms with E-state index in [2.05, 4.69) is 39.8 Å². The number of hydrogen-bond donors (Lipinski definition) is 0. The lowest BCUT2D eigenvalue weighted by Crippen LogP contribution is -2.46. The maximum absolute atomic E-state index is 2.53. The Kier molecular flexibility index (Phi) is 2.49. The first-order valence-corrected chi connectivity index (χ1v) is 6.25. The molecule has 0 N–H and O–H groups in total. The van der Waals surface area contributed by atoms with Crippen molar-refractivity contribution < 1.29 is 0 Å². The summed E-state index contributed by atoms with van der Waals surface area (Å²) in [4.78, 5) is 0. The van der Waals surface area contributed by atoms with Crippen molar-refractivity contribution in [1.82, 2.24) is 0 Å². The Balaban J connectivity index is 2.33. The van der Waals surface area contributed by atoms with Crippen LogP contribution in [0.2, 0.25) is 0 Å². The van der Waals surface area contributed by atoms with Crippen molar-refractivity contribution in [2.24, 2.45) is 29.1 Å². The molecule has 1 fully saturated rings. The van der Waals surface area contributed by atoms with Crippen LogP contribution in [0.25, 0.3) is 0 Å². The summed E-state index contributed by atoms with van der Waals surface area (Å²) in [6, 6.07) is 0. The van der Waals surface area contributed by atoms with Gasteiger partial charge in [-0.05, 0) is 48.3 Å². The van der Waals surface area contributed by atoms with Crippen LogP contribution in [0.15, 0.2) is 12.2 Å². The van der Waals surface area contributed by atoms with Gasteiger partial charge in [0.25, 0.3) is 0 Å². The Hall–Kier alpha value is -0.260. The maximum Gasteiger partial charge on any atom is -0.0171 e. The zero-order valence-electron chi connectivity index (χ0n) is 10.1. The van der Waals surface area contributed by atoms with E-state index in [1.165, 1.54) is 19.3 Å². The van der Waals surface area contributed by atoms with Gasteiger partial charge < -0.3 is 0 Å². The Morgan fingerprint density at radius 2 is 1.64 bits per heavy atom. The molecule has 0 aliphatic heterocycles. The van der Waals surface area contributed by atoms with Crippen molar-refractivity contribution in [3.8, 4) is 0 Å². The van der Waals surface area contributed by atoms with Gasteiger partial charge in [0.2, 0.25) is 0 Å². The summed E-state index contributed by atoms with van der Waals surface area (Å²) in [5, 5.41) is 0. The van der Waals surface area contributed by atoms with Crippen LogP contribution in [0.1, 0.15) is 47.0 Å². The molecule has 0 heteroatoms. The molecule has 1 saturated carbocycles. The molecule has 0 nitrogen and oxygen atoms in total. The van der Waals surface area contributed by atoms with E-state index >= 15 is 0 Å². The molecular weight excluding hydrogens is 168 g/mol. The Morgan fingerprint density at radius 1 is 1.00 bits per heavy atom. The van der Waals surface area contributed by atoms with Crippen molar-refractivity contribution in [2.45, 2.75) is 47.0 Å². The molecule has 0 aromatic carbocycles. The van der Waals surface area contributed by atoms with Crippen LogP contribution in [0.5, 0.6) is 0 Å². The fourth-order valence-electron chi connectivity index (χ4n) is 4.10. The third-order valence-electron chi connectivity index (χ3n) is 4.92. The lowest BCUT2D eigenvalue weighted by molar-refractivity contribution is -0.0105. The third kappa shape index (κ3) is 1.26. The fourth-order valence-corrected chi connectivity index (χ4v) is 4.10. The van der Waals surface area contributed by atoms with E-state index < -0.39 is 0 Å². The summed E-state index contributed by atoms with van der Waals surface area (Å²) in [5.41, 5.74) is 0.609. The van der Waals surface area contributed by atoms with Crippen molar-refractivity contribution in [3.05, 3.63) is 12.2 Å². The predicted octanol–water partition coefficient (Wildman–Crippen LogP) is 4.27. The van der Waals surface area contributed by atoms with Crippen molar-refractivity contribution in [1.29, 1.82) is 0 Å². The summed E-state index contributed by atoms with van der Waals surface area (Å²) in [6.45, 7) is 9.70. The quantitative estimate of drug-likeness (QED) is 0.573. The van der Waals surface area contributed by atoms with Crippen LogP contribution in [0.3, 0.4) is 0 Å². The second-order valence-corrected chi connectivity index (χ2v) is 5.95. The number of hydrogen-bond acceptors (Lipinski definition) is 0. The molecule has 2 atom stereocenters. The van der Waals surface area contributed by atoms with Gasteiger partial charge in [0.1, 0.15) is 0 Å². The molecule has 0 heterocycles. The number of fused-ring (bicyclic) bond motifs is 2. The summed E-state index contributed by atoms with van der Waals surface area (Å²) in [5.74, 6) is 3.43. The molecule has 80 valence electrons. The number of allylic oxidation sites excluding steroid dienone is 2. The van der Waals surface area contributed by atoms with Gasteiger partial charge in [-0.15, -0.1) is 0 Å². The fraction of sp³-hybridized carbons (Fsp3) is 0.857. The lowest BCUT2D eigenvalue weighted by Gasteiger charge is -2.54. The molecule has 3 aliphatic carbocycles. The van der Waals surface area contributed by atoms with Crippen molar-refractivity contribution in [3.63, 3.8) is 0 Å². The molecule has 0 radical (unpaired) electrons. The Labute approximate surface area is 88.8 Å². The molecule has 2 bridgehead atoms. The summed E-state index contributed by atoms with van der Waals surface area (Å²) in [6.07, 6.45) is 9.35. The van der Waals surface area contributed by atoms with Gasteiger partial charge in [-0.1, -0.05) is 39.8 Å². The van der Waals surface area contributed by atoms with Gasteiger partial charge >= 0.3 is 0 Å². The monoisotopic (exact) mass is 192 g/mol. The van der Waals surface area contributed by atoms with Gasteiger partial charge in [0.15, 0.2) is 0 Å². The van der Waals surface area contributed by atoms with Gasteiger partial charge in [0, 0.05) is 0 Å². The smallest absolute Gasteiger partial charge is 0.0171 e. The zero-order chi connectivity index (χ0) is 10.3. The standard InChI is InChI=1S/C14H24/c1-10(2)14(11(3)4)9-12-5-7-13(14)8-6-12/h5,7,10-13H,6,8-9H2,1-4H3. The first kappa shape index (κ1) is 10.3. The molecule has 2 unspecified atom stereocenters. The highest BCUT2D eigenvalue weighted by molar-refractivity contribution is 5.13. The van der Waals surface area contributed by atoms with Crippen LogP contribution < -0.4 is 0 Å². The highest BCUT2D eigenvalue weighted by Crippen LogP contribution is 2.56. The normalized spacial score (nSPS) is 34.4. The predicted molar refractivity (Wildman–Crippen MR) is 62.1 cm³/mol. The lowest BCUT2D eigenvalue weighted by atomic mass is 9.51. The second-order valence-electron chi connectivity index (χ2n) is 5.95. The molecule has 14 heavy (non-hydrogen) atoms. The van der Waals surface area contributed by atoms with Crippen molar-refractivity contribution in [2.75, 3.05) is 0 Å². The van der Waals surface area contributed by atoms with E-state index in [1.54, 1.807) is 0 Å². The minimum absolute atomic E-state index is 0.609. The van der Waals surface area contributed by atoms with E-state index in [-0.39, 0.29) is 0 Å². The molecular formula is C14H24. The van der Waals surface area contributed by atoms with E-state index in [0.29, 0.717) is 5.41 Å². The Bertz CT molecular complexity index is 226. The van der Waals surface area contributed by atoms with Gasteiger partial charge in [-0.25, -0.2) is 0 Å². The third-order valence-corrected chi connectivity index (χ3v) is 4.92. The SMILES string of the molecule is CC(C)C1(C(C)C)CC2C=CC1CC2. The maximum atomic E-state index is 2.53. The molecule has 3 aliphatic rings. The second kappa shape index (κ2) is 3.40. The van der Waals surface area contributed by atoms with E-state index in [0.717, 1.165) is 23.7 Å². The van der Waals surface area contributed by atoms with E-state index in [9.17, 15) is 0 Å². The van der Waals surface area contributed by atoms with Gasteiger partial charge in [-0.3, -0.25) is 0 Å². The molecule has 0 spiro atoms. The highest BCUT2D eigenvalue weighted by atomic mass is 14.5. The topological polar surface area (TPSA) is 0 Å². The Morgan fingerprint density at radius 3 is 1.86 bits per heavy atom. The molecule has 3 rings (SSSR count). The zero-order valence-corrected chi connectivity index (χ0v) is 10.1. The average molecular weight is 192 g/mol.